The maximum absolute atomic E-state index is 10.6. The van der Waals surface area contributed by atoms with E-state index in [1.807, 2.05) is 38.2 Å². The largest absolute Gasteiger partial charge is 0.301 e. The molecule has 0 aromatic rings. The fourth-order valence-electron chi connectivity index (χ4n) is 0.999. The van der Waals surface area contributed by atoms with Gasteiger partial charge in [-0.3, -0.25) is 4.99 Å². The molecule has 0 radical (unpaired) electrons. The Morgan fingerprint density at radius 1 is 1.57 bits per heavy atom. The first-order valence-electron chi connectivity index (χ1n) is 4.64. The molecular formula is C12H17NO. The molecule has 0 saturated carbocycles. The van der Waals surface area contributed by atoms with Gasteiger partial charge < -0.3 is 4.79 Å². The highest BCUT2D eigenvalue weighted by molar-refractivity contribution is 5.93. The van der Waals surface area contributed by atoms with E-state index >= 15 is 0 Å². The summed E-state index contributed by atoms with van der Waals surface area (Å²) in [7, 11) is 0. The number of aliphatic imine (C=N–C) groups is 1. The first kappa shape index (κ1) is 12.6. The standard InChI is InChI=1S/C12H17NO/c1-4-6-7-9-12(10-14)13-11(3)8-5-2/h4-8,10,12H,1,9H2,2-3H3/b7-6+,8-5-,13-11?. The number of carbonyl (C=O) groups excluding carboxylic acids is 1. The Kier molecular flexibility index (Phi) is 7.33. The van der Waals surface area contributed by atoms with E-state index in [0.717, 1.165) is 12.0 Å². The average molecular weight is 191 g/mol. The highest BCUT2D eigenvalue weighted by Crippen LogP contribution is 1.98. The molecule has 76 valence electrons. The van der Waals surface area contributed by atoms with Gasteiger partial charge in [0.05, 0.1) is 0 Å². The van der Waals surface area contributed by atoms with Gasteiger partial charge in [0.2, 0.25) is 0 Å². The zero-order chi connectivity index (χ0) is 10.8. The van der Waals surface area contributed by atoms with Gasteiger partial charge in [-0.2, -0.15) is 0 Å². The Labute approximate surface area is 85.7 Å². The van der Waals surface area contributed by atoms with Crippen LogP contribution in [0.15, 0.2) is 42.0 Å². The first-order valence-corrected chi connectivity index (χ1v) is 4.64. The van der Waals surface area contributed by atoms with Crippen LogP contribution in [0.1, 0.15) is 20.3 Å². The van der Waals surface area contributed by atoms with Crippen molar-refractivity contribution < 1.29 is 4.79 Å². The van der Waals surface area contributed by atoms with E-state index in [2.05, 4.69) is 11.6 Å². The van der Waals surface area contributed by atoms with Crippen molar-refractivity contribution in [1.82, 2.24) is 0 Å². The van der Waals surface area contributed by atoms with Crippen LogP contribution < -0.4 is 0 Å². The third-order valence-electron chi connectivity index (χ3n) is 1.58. The van der Waals surface area contributed by atoms with E-state index in [1.165, 1.54) is 0 Å². The van der Waals surface area contributed by atoms with Gasteiger partial charge >= 0.3 is 0 Å². The lowest BCUT2D eigenvalue weighted by molar-refractivity contribution is -0.108. The molecule has 2 nitrogen and oxygen atoms in total. The van der Waals surface area contributed by atoms with Crippen molar-refractivity contribution in [2.45, 2.75) is 26.3 Å². The number of allylic oxidation sites excluding steroid dienone is 4. The van der Waals surface area contributed by atoms with Gasteiger partial charge in [0.1, 0.15) is 12.3 Å². The zero-order valence-corrected chi connectivity index (χ0v) is 8.81. The predicted octanol–water partition coefficient (Wildman–Crippen LogP) is 2.72. The van der Waals surface area contributed by atoms with Crippen molar-refractivity contribution >= 4 is 12.0 Å². The second-order valence-electron chi connectivity index (χ2n) is 2.87. The van der Waals surface area contributed by atoms with Gasteiger partial charge in [0.25, 0.3) is 0 Å². The van der Waals surface area contributed by atoms with Crippen LogP contribution in [0.2, 0.25) is 0 Å². The monoisotopic (exact) mass is 191 g/mol. The van der Waals surface area contributed by atoms with Crippen molar-refractivity contribution in [3.8, 4) is 0 Å². The molecular weight excluding hydrogens is 174 g/mol. The molecule has 0 aromatic heterocycles. The molecule has 0 bridgehead atoms. The molecule has 0 heterocycles. The molecule has 0 aromatic carbocycles. The van der Waals surface area contributed by atoms with E-state index in [0.29, 0.717) is 6.42 Å². The summed E-state index contributed by atoms with van der Waals surface area (Å²) in [5.74, 6) is 0. The normalized spacial score (nSPS) is 14.9. The van der Waals surface area contributed by atoms with E-state index in [9.17, 15) is 4.79 Å². The van der Waals surface area contributed by atoms with Gasteiger partial charge in [-0.25, -0.2) is 0 Å². The molecule has 0 fully saturated rings. The highest BCUT2D eigenvalue weighted by atomic mass is 16.1. The molecule has 0 aliphatic rings. The van der Waals surface area contributed by atoms with Gasteiger partial charge in [-0.1, -0.05) is 30.9 Å². The summed E-state index contributed by atoms with van der Waals surface area (Å²) in [4.78, 5) is 14.9. The Hall–Kier alpha value is -1.44. The third-order valence-corrected chi connectivity index (χ3v) is 1.58. The van der Waals surface area contributed by atoms with Crippen molar-refractivity contribution in [3.05, 3.63) is 37.0 Å². The second-order valence-corrected chi connectivity index (χ2v) is 2.87. The lowest BCUT2D eigenvalue weighted by Gasteiger charge is -2.01. The maximum Gasteiger partial charge on any atom is 0.144 e. The summed E-state index contributed by atoms with van der Waals surface area (Å²) < 4.78 is 0. The molecule has 0 aliphatic carbocycles. The fourth-order valence-corrected chi connectivity index (χ4v) is 0.999. The average Bonchev–Trinajstić information content (AvgIpc) is 2.17. The highest BCUT2D eigenvalue weighted by Gasteiger charge is 2.00. The number of rotatable bonds is 6. The lowest BCUT2D eigenvalue weighted by atomic mass is 10.2. The number of nitrogens with zero attached hydrogens (tertiary/aromatic N) is 1. The van der Waals surface area contributed by atoms with Crippen LogP contribution >= 0.6 is 0 Å². The Morgan fingerprint density at radius 3 is 2.79 bits per heavy atom. The SMILES string of the molecule is C=C/C=C/CC(C=O)N=C(C)/C=C\C. The molecule has 0 aliphatic heterocycles. The quantitative estimate of drug-likeness (QED) is 0.360. The molecule has 1 unspecified atom stereocenters. The molecule has 1 atom stereocenters. The zero-order valence-electron chi connectivity index (χ0n) is 8.81. The lowest BCUT2D eigenvalue weighted by Crippen LogP contribution is -2.06. The van der Waals surface area contributed by atoms with Crippen LogP contribution in [-0.2, 0) is 4.79 Å². The summed E-state index contributed by atoms with van der Waals surface area (Å²) >= 11 is 0. The second kappa shape index (κ2) is 8.17. The van der Waals surface area contributed by atoms with Crippen molar-refractivity contribution in [1.29, 1.82) is 0 Å². The summed E-state index contributed by atoms with van der Waals surface area (Å²) in [6.45, 7) is 7.36. The maximum atomic E-state index is 10.6. The van der Waals surface area contributed by atoms with Crippen LogP contribution in [-0.4, -0.2) is 18.0 Å². The van der Waals surface area contributed by atoms with Crippen LogP contribution in [0.4, 0.5) is 0 Å². The molecule has 0 spiro atoms. The molecule has 0 saturated heterocycles. The van der Waals surface area contributed by atoms with Crippen molar-refractivity contribution in [2.24, 2.45) is 4.99 Å². The van der Waals surface area contributed by atoms with Gasteiger partial charge in [0, 0.05) is 5.71 Å². The van der Waals surface area contributed by atoms with E-state index < -0.39 is 0 Å². The van der Waals surface area contributed by atoms with Crippen LogP contribution in [0.25, 0.3) is 0 Å². The smallest absolute Gasteiger partial charge is 0.144 e. The van der Waals surface area contributed by atoms with Crippen molar-refractivity contribution in [3.63, 3.8) is 0 Å². The summed E-state index contributed by atoms with van der Waals surface area (Å²) in [5, 5.41) is 0. The minimum atomic E-state index is -0.276. The molecule has 14 heavy (non-hydrogen) atoms. The van der Waals surface area contributed by atoms with Crippen LogP contribution in [0.3, 0.4) is 0 Å². The third kappa shape index (κ3) is 6.12. The summed E-state index contributed by atoms with van der Waals surface area (Å²) in [6, 6.07) is -0.276. The fraction of sp³-hybridized carbons (Fsp3) is 0.333. The number of hydrogen-bond acceptors (Lipinski definition) is 2. The predicted molar refractivity (Wildman–Crippen MR) is 61.7 cm³/mol. The van der Waals surface area contributed by atoms with E-state index in [-0.39, 0.29) is 6.04 Å². The van der Waals surface area contributed by atoms with Crippen LogP contribution in [0, 0.1) is 0 Å². The molecule has 2 heteroatoms. The van der Waals surface area contributed by atoms with Crippen molar-refractivity contribution in [2.75, 3.05) is 0 Å². The van der Waals surface area contributed by atoms with E-state index in [4.69, 9.17) is 0 Å². The van der Waals surface area contributed by atoms with Crippen LogP contribution in [0.5, 0.6) is 0 Å². The van der Waals surface area contributed by atoms with E-state index in [1.54, 1.807) is 6.08 Å². The Bertz CT molecular complexity index is 261. The molecule has 0 amide bonds. The first-order chi connectivity index (χ1) is 6.74. The number of aldehydes is 1. The number of carbonyl (C=O) groups is 1. The summed E-state index contributed by atoms with van der Waals surface area (Å²) in [6.07, 6.45) is 10.7. The van der Waals surface area contributed by atoms with Gasteiger partial charge in [-0.05, 0) is 26.3 Å². The Morgan fingerprint density at radius 2 is 2.29 bits per heavy atom. The molecule has 0 rings (SSSR count). The Balaban J connectivity index is 4.27. The van der Waals surface area contributed by atoms with Gasteiger partial charge in [0.15, 0.2) is 0 Å². The molecule has 0 N–H and O–H groups in total. The minimum absolute atomic E-state index is 0.276. The summed E-state index contributed by atoms with van der Waals surface area (Å²) in [5.41, 5.74) is 0.872. The number of hydrogen-bond donors (Lipinski definition) is 0. The van der Waals surface area contributed by atoms with Gasteiger partial charge in [-0.15, -0.1) is 0 Å². The minimum Gasteiger partial charge on any atom is -0.301 e. The topological polar surface area (TPSA) is 29.4 Å².